The summed E-state index contributed by atoms with van der Waals surface area (Å²) in [6, 6.07) is 0. The highest BCUT2D eigenvalue weighted by molar-refractivity contribution is 4.67. The Morgan fingerprint density at radius 3 is 3.22 bits per heavy atom. The van der Waals surface area contributed by atoms with Crippen LogP contribution in [-0.4, -0.2) is 32.3 Å². The van der Waals surface area contributed by atoms with Gasteiger partial charge in [0.2, 0.25) is 0 Å². The molecular weight excluding hydrogens is 118 g/mol. The molecule has 0 bridgehead atoms. The van der Waals surface area contributed by atoms with E-state index in [2.05, 4.69) is 10.7 Å². The Morgan fingerprint density at radius 2 is 2.67 bits per heavy atom. The Morgan fingerprint density at radius 1 is 1.78 bits per heavy atom. The zero-order valence-corrected chi connectivity index (χ0v) is 5.39. The molecule has 54 valence electrons. The van der Waals surface area contributed by atoms with Gasteiger partial charge in [-0.2, -0.15) is 0 Å². The average Bonchev–Trinajstić information content (AvgIpc) is 1.91. The first kappa shape index (κ1) is 6.95. The average molecular weight is 131 g/mol. The van der Waals surface area contributed by atoms with Crippen molar-refractivity contribution in [2.75, 3.05) is 26.2 Å². The normalized spacial score (nSPS) is 28.3. The fraction of sp³-hybridized carbons (Fsp3) is 1.00. The molecule has 1 aliphatic heterocycles. The van der Waals surface area contributed by atoms with Gasteiger partial charge >= 0.3 is 0 Å². The predicted octanol–water partition coefficient (Wildman–Crippen LogP) is -1.56. The molecule has 1 atom stereocenters. The minimum atomic E-state index is 0.253. The lowest BCUT2D eigenvalue weighted by Gasteiger charge is -2.22. The van der Waals surface area contributed by atoms with Crippen molar-refractivity contribution in [1.29, 1.82) is 0 Å². The van der Waals surface area contributed by atoms with Gasteiger partial charge in [0.25, 0.3) is 0 Å². The quantitative estimate of drug-likeness (QED) is 0.313. The topological polar surface area (TPSA) is 59.3 Å². The van der Waals surface area contributed by atoms with Crippen LogP contribution >= 0.6 is 0 Å². The van der Waals surface area contributed by atoms with Crippen LogP contribution in [0.1, 0.15) is 0 Å². The standard InChI is InChI=1S/C5H13N3O/c6-8-4-5-3-7-1-2-9-5/h5,7-8H,1-4,6H2. The molecule has 1 rings (SSSR count). The smallest absolute Gasteiger partial charge is 0.0838 e. The van der Waals surface area contributed by atoms with Crippen molar-refractivity contribution in [3.8, 4) is 0 Å². The molecule has 9 heavy (non-hydrogen) atoms. The Bertz CT molecular complexity index is 69.8. The van der Waals surface area contributed by atoms with Crippen LogP contribution in [0.2, 0.25) is 0 Å². The van der Waals surface area contributed by atoms with Gasteiger partial charge in [0.15, 0.2) is 0 Å². The van der Waals surface area contributed by atoms with Gasteiger partial charge in [-0.25, -0.2) is 0 Å². The van der Waals surface area contributed by atoms with Crippen LogP contribution in [0.4, 0.5) is 0 Å². The van der Waals surface area contributed by atoms with E-state index in [0.717, 1.165) is 26.2 Å². The van der Waals surface area contributed by atoms with Crippen LogP contribution in [0.25, 0.3) is 0 Å². The fourth-order valence-electron chi connectivity index (χ4n) is 0.882. The summed E-state index contributed by atoms with van der Waals surface area (Å²) >= 11 is 0. The van der Waals surface area contributed by atoms with Crippen LogP contribution in [0.15, 0.2) is 0 Å². The fourth-order valence-corrected chi connectivity index (χ4v) is 0.882. The minimum Gasteiger partial charge on any atom is -0.374 e. The molecule has 0 aromatic carbocycles. The summed E-state index contributed by atoms with van der Waals surface area (Å²) in [5.74, 6) is 5.10. The number of nitrogens with one attached hydrogen (secondary N) is 2. The summed E-state index contributed by atoms with van der Waals surface area (Å²) in [7, 11) is 0. The Balaban J connectivity index is 2.08. The lowest BCUT2D eigenvalue weighted by Crippen LogP contribution is -2.45. The third kappa shape index (κ3) is 2.28. The molecule has 0 radical (unpaired) electrons. The maximum Gasteiger partial charge on any atom is 0.0838 e. The molecule has 0 saturated carbocycles. The van der Waals surface area contributed by atoms with Gasteiger partial charge in [0.05, 0.1) is 12.7 Å². The lowest BCUT2D eigenvalue weighted by atomic mass is 10.3. The highest BCUT2D eigenvalue weighted by Crippen LogP contribution is 1.92. The van der Waals surface area contributed by atoms with Crippen LogP contribution < -0.4 is 16.6 Å². The first-order valence-corrected chi connectivity index (χ1v) is 3.19. The number of morpholine rings is 1. The van der Waals surface area contributed by atoms with Gasteiger partial charge < -0.3 is 10.1 Å². The maximum absolute atomic E-state index is 5.31. The summed E-state index contributed by atoms with van der Waals surface area (Å²) in [6.45, 7) is 3.39. The predicted molar refractivity (Wildman–Crippen MR) is 34.8 cm³/mol. The van der Waals surface area contributed by atoms with Crippen molar-refractivity contribution in [3.63, 3.8) is 0 Å². The summed E-state index contributed by atoms with van der Waals surface area (Å²) < 4.78 is 5.31. The molecule has 1 aliphatic rings. The van der Waals surface area contributed by atoms with Crippen molar-refractivity contribution < 1.29 is 4.74 Å². The molecule has 0 aromatic rings. The van der Waals surface area contributed by atoms with Crippen LogP contribution in [-0.2, 0) is 4.74 Å². The first-order chi connectivity index (χ1) is 4.43. The summed E-state index contributed by atoms with van der Waals surface area (Å²) in [6.07, 6.45) is 0.253. The van der Waals surface area contributed by atoms with Crippen LogP contribution in [0.3, 0.4) is 0 Å². The second kappa shape index (κ2) is 3.79. The molecule has 1 heterocycles. The van der Waals surface area contributed by atoms with Gasteiger partial charge in [-0.1, -0.05) is 0 Å². The number of hydrogen-bond donors (Lipinski definition) is 3. The molecule has 1 unspecified atom stereocenters. The Labute approximate surface area is 54.7 Å². The van der Waals surface area contributed by atoms with Gasteiger partial charge in [0.1, 0.15) is 0 Å². The number of hydrogen-bond acceptors (Lipinski definition) is 4. The van der Waals surface area contributed by atoms with Crippen molar-refractivity contribution in [2.45, 2.75) is 6.10 Å². The highest BCUT2D eigenvalue weighted by atomic mass is 16.5. The van der Waals surface area contributed by atoms with Crippen molar-refractivity contribution in [2.24, 2.45) is 5.84 Å². The molecular formula is C5H13N3O. The number of ether oxygens (including phenoxy) is 1. The zero-order chi connectivity index (χ0) is 6.53. The van der Waals surface area contributed by atoms with Crippen molar-refractivity contribution in [3.05, 3.63) is 0 Å². The number of hydrazine groups is 1. The zero-order valence-electron chi connectivity index (χ0n) is 5.39. The van der Waals surface area contributed by atoms with E-state index < -0.39 is 0 Å². The third-order valence-electron chi connectivity index (χ3n) is 1.35. The van der Waals surface area contributed by atoms with Gasteiger partial charge in [-0.15, -0.1) is 0 Å². The monoisotopic (exact) mass is 131 g/mol. The first-order valence-electron chi connectivity index (χ1n) is 3.19. The molecule has 0 spiro atoms. The Hall–Kier alpha value is -0.160. The second-order valence-electron chi connectivity index (χ2n) is 2.11. The Kier molecular flexibility index (Phi) is 2.93. The molecule has 1 fully saturated rings. The van der Waals surface area contributed by atoms with Crippen LogP contribution in [0.5, 0.6) is 0 Å². The molecule has 0 amide bonds. The minimum absolute atomic E-state index is 0.253. The molecule has 4 heteroatoms. The van der Waals surface area contributed by atoms with Crippen LogP contribution in [0, 0.1) is 0 Å². The van der Waals surface area contributed by atoms with Crippen molar-refractivity contribution in [1.82, 2.24) is 10.7 Å². The molecule has 0 aliphatic carbocycles. The maximum atomic E-state index is 5.31. The number of rotatable bonds is 2. The molecule has 4 N–H and O–H groups in total. The van der Waals surface area contributed by atoms with E-state index in [1.807, 2.05) is 0 Å². The van der Waals surface area contributed by atoms with E-state index in [0.29, 0.717) is 0 Å². The van der Waals surface area contributed by atoms with Gasteiger partial charge in [-0.3, -0.25) is 11.3 Å². The molecule has 4 nitrogen and oxygen atoms in total. The van der Waals surface area contributed by atoms with Gasteiger partial charge in [-0.05, 0) is 0 Å². The van der Waals surface area contributed by atoms with E-state index in [-0.39, 0.29) is 6.10 Å². The van der Waals surface area contributed by atoms with E-state index in [9.17, 15) is 0 Å². The molecule has 1 saturated heterocycles. The van der Waals surface area contributed by atoms with Crippen molar-refractivity contribution >= 4 is 0 Å². The summed E-state index contributed by atoms with van der Waals surface area (Å²) in [5.41, 5.74) is 2.57. The second-order valence-corrected chi connectivity index (χ2v) is 2.11. The van der Waals surface area contributed by atoms with E-state index in [4.69, 9.17) is 10.6 Å². The van der Waals surface area contributed by atoms with E-state index >= 15 is 0 Å². The van der Waals surface area contributed by atoms with E-state index in [1.165, 1.54) is 0 Å². The third-order valence-corrected chi connectivity index (χ3v) is 1.35. The largest absolute Gasteiger partial charge is 0.374 e. The number of nitrogens with two attached hydrogens (primary N) is 1. The lowest BCUT2D eigenvalue weighted by molar-refractivity contribution is 0.0294. The van der Waals surface area contributed by atoms with Gasteiger partial charge in [0, 0.05) is 19.6 Å². The molecule has 0 aromatic heterocycles. The van der Waals surface area contributed by atoms with E-state index in [1.54, 1.807) is 0 Å². The summed E-state index contributed by atoms with van der Waals surface area (Å²) in [4.78, 5) is 0. The summed E-state index contributed by atoms with van der Waals surface area (Å²) in [5, 5.41) is 3.20. The SMILES string of the molecule is NNCC1CNCCO1. The highest BCUT2D eigenvalue weighted by Gasteiger charge is 2.10.